The standard InChI is InChI=1S/C17H35N/c1-6-12-18-17(14(5)13(3)4)16-10-8-15(7-2)9-11-16/h13-18H,6-12H2,1-5H3. The second-order valence-electron chi connectivity index (χ2n) is 6.77. The molecular formula is C17H35N. The topological polar surface area (TPSA) is 12.0 Å². The van der Waals surface area contributed by atoms with Crippen molar-refractivity contribution >= 4 is 0 Å². The van der Waals surface area contributed by atoms with E-state index in [1.165, 1.54) is 45.1 Å². The van der Waals surface area contributed by atoms with Crippen molar-refractivity contribution in [2.24, 2.45) is 23.7 Å². The molecule has 108 valence electrons. The van der Waals surface area contributed by atoms with Gasteiger partial charge in [0.15, 0.2) is 0 Å². The Bertz CT molecular complexity index is 204. The summed E-state index contributed by atoms with van der Waals surface area (Å²) in [7, 11) is 0. The van der Waals surface area contributed by atoms with Crippen LogP contribution in [0.15, 0.2) is 0 Å². The van der Waals surface area contributed by atoms with Crippen molar-refractivity contribution in [2.75, 3.05) is 6.54 Å². The van der Waals surface area contributed by atoms with Crippen LogP contribution in [0, 0.1) is 23.7 Å². The van der Waals surface area contributed by atoms with Crippen molar-refractivity contribution in [3.05, 3.63) is 0 Å². The summed E-state index contributed by atoms with van der Waals surface area (Å²) < 4.78 is 0. The third-order valence-electron chi connectivity index (χ3n) is 5.22. The van der Waals surface area contributed by atoms with Gasteiger partial charge in [-0.2, -0.15) is 0 Å². The van der Waals surface area contributed by atoms with Crippen molar-refractivity contribution in [3.8, 4) is 0 Å². The molecule has 18 heavy (non-hydrogen) atoms. The summed E-state index contributed by atoms with van der Waals surface area (Å²) in [6.45, 7) is 13.0. The maximum Gasteiger partial charge on any atom is 0.0123 e. The Balaban J connectivity index is 2.54. The van der Waals surface area contributed by atoms with E-state index in [0.29, 0.717) is 0 Å². The lowest BCUT2D eigenvalue weighted by atomic mass is 9.72. The first kappa shape index (κ1) is 16.0. The predicted octanol–water partition coefficient (Wildman–Crippen LogP) is 4.86. The molecule has 1 fully saturated rings. The molecule has 0 radical (unpaired) electrons. The highest BCUT2D eigenvalue weighted by atomic mass is 14.9. The first-order chi connectivity index (χ1) is 8.60. The van der Waals surface area contributed by atoms with E-state index < -0.39 is 0 Å². The van der Waals surface area contributed by atoms with E-state index in [2.05, 4.69) is 39.9 Å². The average molecular weight is 253 g/mol. The molecular weight excluding hydrogens is 218 g/mol. The molecule has 2 unspecified atom stereocenters. The predicted molar refractivity (Wildman–Crippen MR) is 81.8 cm³/mol. The normalized spacial score (nSPS) is 28.3. The first-order valence-electron chi connectivity index (χ1n) is 8.33. The molecule has 0 aromatic rings. The van der Waals surface area contributed by atoms with Crippen LogP contribution in [0.25, 0.3) is 0 Å². The molecule has 0 spiro atoms. The molecule has 0 amide bonds. The summed E-state index contributed by atoms with van der Waals surface area (Å²) in [6, 6.07) is 0.753. The van der Waals surface area contributed by atoms with Gasteiger partial charge in [0.1, 0.15) is 0 Å². The highest BCUT2D eigenvalue weighted by Gasteiger charge is 2.31. The lowest BCUT2D eigenvalue weighted by Crippen LogP contribution is -2.44. The minimum Gasteiger partial charge on any atom is -0.313 e. The van der Waals surface area contributed by atoms with Gasteiger partial charge in [-0.25, -0.2) is 0 Å². The van der Waals surface area contributed by atoms with E-state index in [9.17, 15) is 0 Å². The third kappa shape index (κ3) is 4.57. The van der Waals surface area contributed by atoms with Crippen LogP contribution in [-0.4, -0.2) is 12.6 Å². The second kappa shape index (κ2) is 8.19. The minimum atomic E-state index is 0.753. The van der Waals surface area contributed by atoms with Crippen LogP contribution >= 0.6 is 0 Å². The van der Waals surface area contributed by atoms with Gasteiger partial charge in [0, 0.05) is 6.04 Å². The van der Waals surface area contributed by atoms with E-state index in [4.69, 9.17) is 0 Å². The molecule has 0 saturated heterocycles. The van der Waals surface area contributed by atoms with Crippen LogP contribution in [0.4, 0.5) is 0 Å². The average Bonchev–Trinajstić information content (AvgIpc) is 2.39. The molecule has 0 bridgehead atoms. The zero-order valence-electron chi connectivity index (χ0n) is 13.3. The van der Waals surface area contributed by atoms with Crippen LogP contribution in [0.5, 0.6) is 0 Å². The van der Waals surface area contributed by atoms with Crippen LogP contribution in [0.1, 0.15) is 73.1 Å². The van der Waals surface area contributed by atoms with Gasteiger partial charge in [0.05, 0.1) is 0 Å². The van der Waals surface area contributed by atoms with Gasteiger partial charge in [-0.3, -0.25) is 0 Å². The van der Waals surface area contributed by atoms with Gasteiger partial charge in [-0.15, -0.1) is 0 Å². The van der Waals surface area contributed by atoms with Crippen LogP contribution in [-0.2, 0) is 0 Å². The molecule has 2 atom stereocenters. The Hall–Kier alpha value is -0.0400. The van der Waals surface area contributed by atoms with Gasteiger partial charge < -0.3 is 5.32 Å². The van der Waals surface area contributed by atoms with Gasteiger partial charge in [-0.1, -0.05) is 53.9 Å². The molecule has 0 aliphatic heterocycles. The fourth-order valence-electron chi connectivity index (χ4n) is 3.46. The molecule has 0 aromatic carbocycles. The van der Waals surface area contributed by atoms with Crippen molar-refractivity contribution in [1.82, 2.24) is 5.32 Å². The Kier molecular flexibility index (Phi) is 7.29. The van der Waals surface area contributed by atoms with E-state index in [-0.39, 0.29) is 0 Å². The smallest absolute Gasteiger partial charge is 0.0123 e. The molecule has 0 heterocycles. The largest absolute Gasteiger partial charge is 0.313 e. The summed E-state index contributed by atoms with van der Waals surface area (Å²) in [6.07, 6.45) is 8.49. The number of rotatable bonds is 7. The number of hydrogen-bond acceptors (Lipinski definition) is 1. The van der Waals surface area contributed by atoms with Crippen molar-refractivity contribution in [2.45, 2.75) is 79.2 Å². The number of hydrogen-bond donors (Lipinski definition) is 1. The molecule has 1 saturated carbocycles. The van der Waals surface area contributed by atoms with Crippen LogP contribution < -0.4 is 5.32 Å². The molecule has 1 nitrogen and oxygen atoms in total. The fraction of sp³-hybridized carbons (Fsp3) is 1.00. The maximum atomic E-state index is 3.85. The summed E-state index contributed by atoms with van der Waals surface area (Å²) in [4.78, 5) is 0. The summed E-state index contributed by atoms with van der Waals surface area (Å²) in [5.41, 5.74) is 0. The monoisotopic (exact) mass is 253 g/mol. The van der Waals surface area contributed by atoms with Crippen molar-refractivity contribution in [3.63, 3.8) is 0 Å². The highest BCUT2D eigenvalue weighted by Crippen LogP contribution is 2.35. The van der Waals surface area contributed by atoms with Crippen molar-refractivity contribution < 1.29 is 0 Å². The third-order valence-corrected chi connectivity index (χ3v) is 5.22. The van der Waals surface area contributed by atoms with E-state index >= 15 is 0 Å². The van der Waals surface area contributed by atoms with E-state index in [0.717, 1.165) is 29.7 Å². The lowest BCUT2D eigenvalue weighted by molar-refractivity contribution is 0.159. The molecule has 1 aliphatic rings. The van der Waals surface area contributed by atoms with Gasteiger partial charge in [-0.05, 0) is 49.5 Å². The zero-order chi connectivity index (χ0) is 13.5. The van der Waals surface area contributed by atoms with E-state index in [1.807, 2.05) is 0 Å². The maximum absolute atomic E-state index is 3.85. The molecule has 1 aliphatic carbocycles. The van der Waals surface area contributed by atoms with Crippen LogP contribution in [0.3, 0.4) is 0 Å². The highest BCUT2D eigenvalue weighted by molar-refractivity contribution is 4.86. The quantitative estimate of drug-likeness (QED) is 0.683. The van der Waals surface area contributed by atoms with Crippen LogP contribution in [0.2, 0.25) is 0 Å². The summed E-state index contributed by atoms with van der Waals surface area (Å²) >= 11 is 0. The Morgan fingerprint density at radius 2 is 1.61 bits per heavy atom. The summed E-state index contributed by atoms with van der Waals surface area (Å²) in [5, 5.41) is 3.85. The Morgan fingerprint density at radius 3 is 2.06 bits per heavy atom. The zero-order valence-corrected chi connectivity index (χ0v) is 13.3. The number of nitrogens with one attached hydrogen (secondary N) is 1. The molecule has 0 aromatic heterocycles. The second-order valence-corrected chi connectivity index (χ2v) is 6.77. The van der Waals surface area contributed by atoms with Gasteiger partial charge in [0.25, 0.3) is 0 Å². The fourth-order valence-corrected chi connectivity index (χ4v) is 3.46. The van der Waals surface area contributed by atoms with Gasteiger partial charge in [0.2, 0.25) is 0 Å². The van der Waals surface area contributed by atoms with Gasteiger partial charge >= 0.3 is 0 Å². The minimum absolute atomic E-state index is 0.753. The van der Waals surface area contributed by atoms with E-state index in [1.54, 1.807) is 0 Å². The van der Waals surface area contributed by atoms with Crippen molar-refractivity contribution in [1.29, 1.82) is 0 Å². The summed E-state index contributed by atoms with van der Waals surface area (Å²) in [5.74, 6) is 3.54. The molecule has 1 rings (SSSR count). The first-order valence-corrected chi connectivity index (χ1v) is 8.33. The Labute approximate surface area is 115 Å². The molecule has 1 heteroatoms. The SMILES string of the molecule is CCCNC(C1CCC(CC)CC1)C(C)C(C)C. The molecule has 1 N–H and O–H groups in total. The Morgan fingerprint density at radius 1 is 1.00 bits per heavy atom. The lowest BCUT2D eigenvalue weighted by Gasteiger charge is -2.38.